The standard InChI is InChI=1S/C11H20N2.C7H16/c1-3-4-5-6-7-8-13-10-11(2)9-12;1-3-5-7-6-4-2/h13H,2-8,10H2,1H3;3-7H2,1-2H3/p+1. The van der Waals surface area contributed by atoms with Crippen molar-refractivity contribution in [1.82, 2.24) is 0 Å². The third kappa shape index (κ3) is 22.4. The van der Waals surface area contributed by atoms with Gasteiger partial charge in [-0.05, 0) is 12.8 Å². The van der Waals surface area contributed by atoms with Gasteiger partial charge in [0.2, 0.25) is 0 Å². The van der Waals surface area contributed by atoms with Crippen LogP contribution in [0.2, 0.25) is 0 Å². The summed E-state index contributed by atoms with van der Waals surface area (Å²) < 4.78 is 0. The molecule has 0 aromatic heterocycles. The summed E-state index contributed by atoms with van der Waals surface area (Å²) in [6.45, 7) is 12.2. The van der Waals surface area contributed by atoms with Crippen LogP contribution in [-0.4, -0.2) is 13.1 Å². The molecule has 118 valence electrons. The Hall–Kier alpha value is -0.810. The van der Waals surface area contributed by atoms with Crippen molar-refractivity contribution in [2.24, 2.45) is 0 Å². The molecule has 0 saturated carbocycles. The minimum Gasteiger partial charge on any atom is -0.342 e. The number of nitrogens with two attached hydrogens (primary N) is 1. The van der Waals surface area contributed by atoms with Crippen LogP contribution in [0, 0.1) is 11.3 Å². The van der Waals surface area contributed by atoms with Crippen LogP contribution in [0.1, 0.15) is 85.0 Å². The maximum absolute atomic E-state index is 8.44. The fourth-order valence-electron chi connectivity index (χ4n) is 1.89. The molecule has 0 fully saturated rings. The van der Waals surface area contributed by atoms with E-state index in [1.165, 1.54) is 64.2 Å². The van der Waals surface area contributed by atoms with Crippen LogP contribution in [0.3, 0.4) is 0 Å². The number of hydrogen-bond acceptors (Lipinski definition) is 1. The van der Waals surface area contributed by atoms with Gasteiger partial charge < -0.3 is 5.32 Å². The van der Waals surface area contributed by atoms with Crippen LogP contribution in [0.5, 0.6) is 0 Å². The largest absolute Gasteiger partial charge is 0.342 e. The normalized spacial score (nSPS) is 9.50. The van der Waals surface area contributed by atoms with Crippen molar-refractivity contribution in [3.05, 3.63) is 12.2 Å². The SMILES string of the molecule is C=C(C#N)C[NH2+]CCCCCCC.CCCCCCC. The molecular formula is C18H37N2+. The van der Waals surface area contributed by atoms with Crippen LogP contribution >= 0.6 is 0 Å². The van der Waals surface area contributed by atoms with E-state index >= 15 is 0 Å². The van der Waals surface area contributed by atoms with Crippen LogP contribution in [0.25, 0.3) is 0 Å². The average Bonchev–Trinajstić information content (AvgIpc) is 2.47. The van der Waals surface area contributed by atoms with E-state index in [2.05, 4.69) is 38.7 Å². The van der Waals surface area contributed by atoms with Gasteiger partial charge in [0.1, 0.15) is 6.54 Å². The number of quaternary nitrogens is 1. The maximum Gasteiger partial charge on any atom is 0.111 e. The summed E-state index contributed by atoms with van der Waals surface area (Å²) in [7, 11) is 0. The summed E-state index contributed by atoms with van der Waals surface area (Å²) in [6.07, 6.45) is 13.6. The maximum atomic E-state index is 8.44. The quantitative estimate of drug-likeness (QED) is 0.413. The molecule has 0 radical (unpaired) electrons. The van der Waals surface area contributed by atoms with Crippen molar-refractivity contribution in [2.45, 2.75) is 85.0 Å². The molecule has 20 heavy (non-hydrogen) atoms. The van der Waals surface area contributed by atoms with Crippen LogP contribution in [-0.2, 0) is 0 Å². The van der Waals surface area contributed by atoms with Gasteiger partial charge >= 0.3 is 0 Å². The molecule has 0 aromatic rings. The van der Waals surface area contributed by atoms with E-state index in [0.29, 0.717) is 5.57 Å². The number of hydrogen-bond donors (Lipinski definition) is 1. The lowest BCUT2D eigenvalue weighted by atomic mass is 10.1. The van der Waals surface area contributed by atoms with Crippen LogP contribution in [0.4, 0.5) is 0 Å². The van der Waals surface area contributed by atoms with E-state index in [4.69, 9.17) is 5.26 Å². The minimum absolute atomic E-state index is 0.675. The highest BCUT2D eigenvalue weighted by atomic mass is 14.8. The minimum atomic E-state index is 0.675. The van der Waals surface area contributed by atoms with Gasteiger partial charge in [-0.2, -0.15) is 5.26 Å². The first-order valence-electron chi connectivity index (χ1n) is 8.62. The van der Waals surface area contributed by atoms with Gasteiger partial charge in [-0.15, -0.1) is 0 Å². The molecule has 0 aliphatic carbocycles. The molecule has 0 atom stereocenters. The zero-order chi connectivity index (χ0) is 15.5. The Bertz CT molecular complexity index is 224. The fourth-order valence-corrected chi connectivity index (χ4v) is 1.89. The molecule has 0 heterocycles. The van der Waals surface area contributed by atoms with E-state index in [-0.39, 0.29) is 0 Å². The molecule has 0 aliphatic rings. The summed E-state index contributed by atoms with van der Waals surface area (Å²) in [5.41, 5.74) is 0.675. The molecule has 0 saturated heterocycles. The van der Waals surface area contributed by atoms with E-state index in [1.807, 2.05) is 0 Å². The lowest BCUT2D eigenvalue weighted by Crippen LogP contribution is -2.84. The number of nitriles is 1. The fraction of sp³-hybridized carbons (Fsp3) is 0.833. The smallest absolute Gasteiger partial charge is 0.111 e. The second-order valence-corrected chi connectivity index (χ2v) is 5.47. The molecule has 2 nitrogen and oxygen atoms in total. The van der Waals surface area contributed by atoms with Crippen LogP contribution in [0.15, 0.2) is 12.2 Å². The highest BCUT2D eigenvalue weighted by Crippen LogP contribution is 2.00. The summed E-state index contributed by atoms with van der Waals surface area (Å²) in [4.78, 5) is 0. The lowest BCUT2D eigenvalue weighted by molar-refractivity contribution is -0.647. The van der Waals surface area contributed by atoms with Crippen molar-refractivity contribution >= 4 is 0 Å². The Morgan fingerprint density at radius 3 is 1.75 bits per heavy atom. The van der Waals surface area contributed by atoms with Gasteiger partial charge in [0, 0.05) is 0 Å². The van der Waals surface area contributed by atoms with Crippen molar-refractivity contribution in [3.8, 4) is 6.07 Å². The van der Waals surface area contributed by atoms with E-state index in [1.54, 1.807) is 0 Å². The number of rotatable bonds is 12. The van der Waals surface area contributed by atoms with Gasteiger partial charge in [-0.3, -0.25) is 0 Å². The molecule has 0 amide bonds. The third-order valence-electron chi connectivity index (χ3n) is 3.27. The zero-order valence-corrected chi connectivity index (χ0v) is 14.2. The molecule has 2 N–H and O–H groups in total. The molecule has 0 unspecified atom stereocenters. The summed E-state index contributed by atoms with van der Waals surface area (Å²) >= 11 is 0. The highest BCUT2D eigenvalue weighted by molar-refractivity contribution is 5.15. The monoisotopic (exact) mass is 281 g/mol. The topological polar surface area (TPSA) is 40.4 Å². The predicted molar refractivity (Wildman–Crippen MR) is 89.6 cm³/mol. The Morgan fingerprint density at radius 1 is 0.850 bits per heavy atom. The van der Waals surface area contributed by atoms with E-state index in [9.17, 15) is 0 Å². The molecular weight excluding hydrogens is 244 g/mol. The molecule has 0 aliphatic heterocycles. The molecule has 0 rings (SSSR count). The first-order chi connectivity index (χ1) is 9.72. The summed E-state index contributed by atoms with van der Waals surface area (Å²) in [5, 5.41) is 10.6. The van der Waals surface area contributed by atoms with Gasteiger partial charge in [-0.1, -0.05) is 78.7 Å². The van der Waals surface area contributed by atoms with E-state index in [0.717, 1.165) is 13.1 Å². The first-order valence-corrected chi connectivity index (χ1v) is 8.62. The Balaban J connectivity index is 0. The summed E-state index contributed by atoms with van der Waals surface area (Å²) in [6, 6.07) is 2.05. The highest BCUT2D eigenvalue weighted by Gasteiger charge is 1.94. The van der Waals surface area contributed by atoms with Gasteiger partial charge in [0.05, 0.1) is 18.2 Å². The third-order valence-corrected chi connectivity index (χ3v) is 3.27. The molecule has 0 aromatic carbocycles. The Morgan fingerprint density at radius 2 is 1.30 bits per heavy atom. The lowest BCUT2D eigenvalue weighted by Gasteiger charge is -1.99. The second-order valence-electron chi connectivity index (χ2n) is 5.47. The van der Waals surface area contributed by atoms with E-state index < -0.39 is 0 Å². The Labute approximate surface area is 127 Å². The Kier molecular flexibility index (Phi) is 22.0. The number of unbranched alkanes of at least 4 members (excludes halogenated alkanes) is 8. The number of nitrogens with zero attached hydrogens (tertiary/aromatic N) is 1. The first kappa shape index (κ1) is 21.5. The van der Waals surface area contributed by atoms with Crippen LogP contribution < -0.4 is 5.32 Å². The molecule has 0 bridgehead atoms. The predicted octanol–water partition coefficient (Wildman–Crippen LogP) is 4.58. The average molecular weight is 282 g/mol. The van der Waals surface area contributed by atoms with Crippen molar-refractivity contribution < 1.29 is 5.32 Å². The van der Waals surface area contributed by atoms with Gasteiger partial charge in [-0.25, -0.2) is 0 Å². The van der Waals surface area contributed by atoms with Gasteiger partial charge in [0.25, 0.3) is 0 Å². The van der Waals surface area contributed by atoms with Gasteiger partial charge in [0.15, 0.2) is 0 Å². The van der Waals surface area contributed by atoms with Crippen molar-refractivity contribution in [2.75, 3.05) is 13.1 Å². The molecule has 0 spiro atoms. The zero-order valence-electron chi connectivity index (χ0n) is 14.2. The second kappa shape index (κ2) is 20.5. The summed E-state index contributed by atoms with van der Waals surface area (Å²) in [5.74, 6) is 0. The molecule has 2 heteroatoms. The van der Waals surface area contributed by atoms with Crippen molar-refractivity contribution in [1.29, 1.82) is 5.26 Å². The van der Waals surface area contributed by atoms with Crippen molar-refractivity contribution in [3.63, 3.8) is 0 Å².